The fraction of sp³-hybridized carbons (Fsp3) is 0.917. The maximum Gasteiger partial charge on any atom is 0.237 e. The highest BCUT2D eigenvalue weighted by Gasteiger charge is 2.42. The largest absolute Gasteiger partial charge is 0.378 e. The second kappa shape index (κ2) is 4.55. The highest BCUT2D eigenvalue weighted by Crippen LogP contribution is 2.29. The Morgan fingerprint density at radius 2 is 2.35 bits per heavy atom. The molecule has 1 N–H and O–H groups in total. The standard InChI is InChI=1S/C12H20N2O3/c15-11-10(2-4-13-11)14-5-7-17-12(8-14)3-1-6-16-9-12/h10H,1-9H2,(H,13,15). The average Bonchev–Trinajstić information content (AvgIpc) is 2.77. The summed E-state index contributed by atoms with van der Waals surface area (Å²) in [5.41, 5.74) is -0.153. The van der Waals surface area contributed by atoms with E-state index in [-0.39, 0.29) is 17.6 Å². The quantitative estimate of drug-likeness (QED) is 0.687. The fourth-order valence-corrected chi connectivity index (χ4v) is 3.13. The number of hydrogen-bond donors (Lipinski definition) is 1. The van der Waals surface area contributed by atoms with E-state index in [0.29, 0.717) is 13.2 Å². The van der Waals surface area contributed by atoms with Crippen molar-refractivity contribution < 1.29 is 14.3 Å². The van der Waals surface area contributed by atoms with Crippen molar-refractivity contribution in [2.75, 3.05) is 39.5 Å². The van der Waals surface area contributed by atoms with Gasteiger partial charge in [0, 0.05) is 26.2 Å². The first-order chi connectivity index (χ1) is 8.29. The number of rotatable bonds is 1. The second-order valence-corrected chi connectivity index (χ2v) is 5.25. The zero-order valence-electron chi connectivity index (χ0n) is 10.1. The van der Waals surface area contributed by atoms with Gasteiger partial charge < -0.3 is 14.8 Å². The molecular weight excluding hydrogens is 220 g/mol. The molecule has 3 heterocycles. The minimum atomic E-state index is -0.153. The van der Waals surface area contributed by atoms with E-state index in [1.165, 1.54) is 0 Å². The Bertz CT molecular complexity index is 297. The van der Waals surface area contributed by atoms with Gasteiger partial charge in [-0.15, -0.1) is 0 Å². The molecule has 5 heteroatoms. The van der Waals surface area contributed by atoms with Crippen LogP contribution >= 0.6 is 0 Å². The van der Waals surface area contributed by atoms with Crippen LogP contribution < -0.4 is 5.32 Å². The molecule has 0 aromatic rings. The number of nitrogens with one attached hydrogen (secondary N) is 1. The van der Waals surface area contributed by atoms with E-state index in [1.54, 1.807) is 0 Å². The van der Waals surface area contributed by atoms with E-state index in [9.17, 15) is 4.79 Å². The van der Waals surface area contributed by atoms with Gasteiger partial charge in [0.2, 0.25) is 5.91 Å². The van der Waals surface area contributed by atoms with Crippen LogP contribution in [0.4, 0.5) is 0 Å². The molecule has 2 atom stereocenters. The minimum absolute atomic E-state index is 0.0534. The lowest BCUT2D eigenvalue weighted by Crippen LogP contribution is -2.59. The highest BCUT2D eigenvalue weighted by atomic mass is 16.5. The Morgan fingerprint density at radius 1 is 1.41 bits per heavy atom. The first-order valence-corrected chi connectivity index (χ1v) is 6.53. The van der Waals surface area contributed by atoms with E-state index in [1.807, 2.05) is 0 Å². The van der Waals surface area contributed by atoms with Gasteiger partial charge in [0.25, 0.3) is 0 Å². The topological polar surface area (TPSA) is 50.8 Å². The summed E-state index contributed by atoms with van der Waals surface area (Å²) in [6.07, 6.45) is 3.04. The van der Waals surface area contributed by atoms with Crippen molar-refractivity contribution in [3.63, 3.8) is 0 Å². The maximum absolute atomic E-state index is 11.7. The maximum atomic E-state index is 11.7. The monoisotopic (exact) mass is 240 g/mol. The molecule has 0 saturated carbocycles. The van der Waals surface area contributed by atoms with Crippen molar-refractivity contribution in [2.24, 2.45) is 0 Å². The SMILES string of the molecule is O=C1NCCC1N1CCOC2(CCCOC2)C1. The van der Waals surface area contributed by atoms with Crippen LogP contribution in [0.15, 0.2) is 0 Å². The number of nitrogens with zero attached hydrogens (tertiary/aromatic N) is 1. The molecule has 0 aromatic carbocycles. The fourth-order valence-electron chi connectivity index (χ4n) is 3.13. The molecule has 2 unspecified atom stereocenters. The van der Waals surface area contributed by atoms with Gasteiger partial charge in [-0.1, -0.05) is 0 Å². The minimum Gasteiger partial charge on any atom is -0.378 e. The predicted octanol–water partition coefficient (Wildman–Crippen LogP) is -0.244. The van der Waals surface area contributed by atoms with Crippen LogP contribution in [0.5, 0.6) is 0 Å². The molecule has 3 rings (SSSR count). The van der Waals surface area contributed by atoms with Gasteiger partial charge in [0.15, 0.2) is 0 Å². The summed E-state index contributed by atoms with van der Waals surface area (Å²) in [6, 6.07) is 0.0534. The molecule has 0 radical (unpaired) electrons. The Hall–Kier alpha value is -0.650. The third kappa shape index (κ3) is 2.19. The third-order valence-electron chi connectivity index (χ3n) is 4.02. The summed E-state index contributed by atoms with van der Waals surface area (Å²) in [5.74, 6) is 0.179. The van der Waals surface area contributed by atoms with E-state index in [0.717, 1.165) is 45.5 Å². The molecule has 5 nitrogen and oxygen atoms in total. The summed E-state index contributed by atoms with van der Waals surface area (Å²) in [4.78, 5) is 14.0. The van der Waals surface area contributed by atoms with Gasteiger partial charge in [-0.3, -0.25) is 9.69 Å². The zero-order valence-corrected chi connectivity index (χ0v) is 10.1. The van der Waals surface area contributed by atoms with Crippen molar-refractivity contribution in [2.45, 2.75) is 30.9 Å². The van der Waals surface area contributed by atoms with Gasteiger partial charge in [-0.2, -0.15) is 0 Å². The van der Waals surface area contributed by atoms with Gasteiger partial charge in [0.05, 0.1) is 19.3 Å². The molecule has 3 aliphatic rings. The van der Waals surface area contributed by atoms with E-state index >= 15 is 0 Å². The number of carbonyl (C=O) groups excluding carboxylic acids is 1. The number of morpholine rings is 1. The summed E-state index contributed by atoms with van der Waals surface area (Å²) in [6.45, 7) is 4.75. The molecule has 3 fully saturated rings. The van der Waals surface area contributed by atoms with Crippen LogP contribution in [0.25, 0.3) is 0 Å². The van der Waals surface area contributed by atoms with Crippen LogP contribution in [0.2, 0.25) is 0 Å². The van der Waals surface area contributed by atoms with Crippen LogP contribution in [0, 0.1) is 0 Å². The first-order valence-electron chi connectivity index (χ1n) is 6.53. The van der Waals surface area contributed by atoms with Gasteiger partial charge in [-0.25, -0.2) is 0 Å². The van der Waals surface area contributed by atoms with Crippen molar-refractivity contribution in [3.8, 4) is 0 Å². The van der Waals surface area contributed by atoms with E-state index in [4.69, 9.17) is 9.47 Å². The van der Waals surface area contributed by atoms with Crippen molar-refractivity contribution in [3.05, 3.63) is 0 Å². The number of amides is 1. The Morgan fingerprint density at radius 3 is 3.06 bits per heavy atom. The molecule has 0 aromatic heterocycles. The van der Waals surface area contributed by atoms with Crippen molar-refractivity contribution in [1.82, 2.24) is 10.2 Å². The summed E-state index contributed by atoms with van der Waals surface area (Å²) >= 11 is 0. The average molecular weight is 240 g/mol. The van der Waals surface area contributed by atoms with E-state index in [2.05, 4.69) is 10.2 Å². The Balaban J connectivity index is 1.68. The molecule has 0 aliphatic carbocycles. The summed E-state index contributed by atoms with van der Waals surface area (Å²) in [7, 11) is 0. The molecule has 3 aliphatic heterocycles. The first kappa shape index (κ1) is 11.4. The summed E-state index contributed by atoms with van der Waals surface area (Å²) < 4.78 is 11.5. The van der Waals surface area contributed by atoms with Crippen LogP contribution in [-0.4, -0.2) is 61.9 Å². The smallest absolute Gasteiger partial charge is 0.237 e. The number of hydrogen-bond acceptors (Lipinski definition) is 4. The second-order valence-electron chi connectivity index (χ2n) is 5.25. The summed E-state index contributed by atoms with van der Waals surface area (Å²) in [5, 5.41) is 2.91. The number of ether oxygens (including phenoxy) is 2. The lowest BCUT2D eigenvalue weighted by molar-refractivity contribution is -0.174. The Kier molecular flexibility index (Phi) is 3.06. The zero-order chi connectivity index (χ0) is 11.7. The van der Waals surface area contributed by atoms with Crippen LogP contribution in [0.3, 0.4) is 0 Å². The third-order valence-corrected chi connectivity index (χ3v) is 4.02. The van der Waals surface area contributed by atoms with E-state index < -0.39 is 0 Å². The van der Waals surface area contributed by atoms with Gasteiger partial charge >= 0.3 is 0 Å². The predicted molar refractivity (Wildman–Crippen MR) is 61.7 cm³/mol. The normalized spacial score (nSPS) is 39.5. The molecule has 17 heavy (non-hydrogen) atoms. The molecule has 3 saturated heterocycles. The molecule has 96 valence electrons. The Labute approximate surface area is 101 Å². The number of carbonyl (C=O) groups is 1. The van der Waals surface area contributed by atoms with Gasteiger partial charge in [0.1, 0.15) is 5.60 Å². The lowest BCUT2D eigenvalue weighted by Gasteiger charge is -2.45. The van der Waals surface area contributed by atoms with Crippen molar-refractivity contribution >= 4 is 5.91 Å². The highest BCUT2D eigenvalue weighted by molar-refractivity contribution is 5.83. The molecular formula is C12H20N2O3. The van der Waals surface area contributed by atoms with Crippen molar-refractivity contribution in [1.29, 1.82) is 0 Å². The molecule has 1 spiro atoms. The van der Waals surface area contributed by atoms with Crippen LogP contribution in [-0.2, 0) is 14.3 Å². The van der Waals surface area contributed by atoms with Gasteiger partial charge in [-0.05, 0) is 19.3 Å². The lowest BCUT2D eigenvalue weighted by atomic mass is 9.93. The van der Waals surface area contributed by atoms with Crippen LogP contribution in [0.1, 0.15) is 19.3 Å². The molecule has 1 amide bonds. The molecule has 0 bridgehead atoms.